The van der Waals surface area contributed by atoms with Crippen LogP contribution in [0.1, 0.15) is 26.2 Å². The molecule has 0 aromatic heterocycles. The number of hydrogen-bond acceptors (Lipinski definition) is 2. The van der Waals surface area contributed by atoms with Crippen molar-refractivity contribution in [2.45, 2.75) is 32.2 Å². The van der Waals surface area contributed by atoms with Crippen LogP contribution in [0, 0.1) is 5.82 Å². The van der Waals surface area contributed by atoms with Crippen molar-refractivity contribution < 1.29 is 9.18 Å². The standard InChI is InChI=1S/C13H16FNO/c1-2-11-9-13(16)7-8-15(11)12-5-3-10(14)4-6-12/h3-6,11H,2,7-9H2,1H3. The van der Waals surface area contributed by atoms with Gasteiger partial charge in [-0.15, -0.1) is 0 Å². The number of rotatable bonds is 2. The van der Waals surface area contributed by atoms with Crippen LogP contribution in [0.4, 0.5) is 10.1 Å². The van der Waals surface area contributed by atoms with Gasteiger partial charge in [0, 0.05) is 31.1 Å². The Morgan fingerprint density at radius 3 is 2.69 bits per heavy atom. The average molecular weight is 221 g/mol. The molecule has 1 aliphatic heterocycles. The number of hydrogen-bond donors (Lipinski definition) is 0. The summed E-state index contributed by atoms with van der Waals surface area (Å²) in [6, 6.07) is 6.78. The third-order valence-corrected chi connectivity index (χ3v) is 3.17. The van der Waals surface area contributed by atoms with Crippen LogP contribution < -0.4 is 4.90 Å². The molecule has 2 nitrogen and oxygen atoms in total. The van der Waals surface area contributed by atoms with E-state index < -0.39 is 0 Å². The summed E-state index contributed by atoms with van der Waals surface area (Å²) < 4.78 is 12.8. The Bertz CT molecular complexity index is 374. The summed E-state index contributed by atoms with van der Waals surface area (Å²) in [5.41, 5.74) is 1.01. The summed E-state index contributed by atoms with van der Waals surface area (Å²) in [4.78, 5) is 13.6. The minimum Gasteiger partial charge on any atom is -0.368 e. The average Bonchev–Trinajstić information content (AvgIpc) is 2.30. The molecule has 0 aliphatic carbocycles. The van der Waals surface area contributed by atoms with E-state index in [0.717, 1.165) is 18.7 Å². The van der Waals surface area contributed by atoms with Gasteiger partial charge >= 0.3 is 0 Å². The molecule has 1 aliphatic rings. The zero-order valence-corrected chi connectivity index (χ0v) is 9.45. The van der Waals surface area contributed by atoms with Crippen molar-refractivity contribution in [3.8, 4) is 0 Å². The largest absolute Gasteiger partial charge is 0.368 e. The maximum absolute atomic E-state index is 12.8. The first-order chi connectivity index (χ1) is 7.70. The number of nitrogens with zero attached hydrogens (tertiary/aromatic N) is 1. The molecule has 0 amide bonds. The van der Waals surface area contributed by atoms with Gasteiger partial charge in [-0.1, -0.05) is 6.92 Å². The van der Waals surface area contributed by atoms with Crippen LogP contribution in [0.25, 0.3) is 0 Å². The van der Waals surface area contributed by atoms with Crippen molar-refractivity contribution in [1.82, 2.24) is 0 Å². The van der Waals surface area contributed by atoms with Gasteiger partial charge in [0.1, 0.15) is 11.6 Å². The molecule has 0 bridgehead atoms. The lowest BCUT2D eigenvalue weighted by molar-refractivity contribution is -0.120. The second-order valence-corrected chi connectivity index (χ2v) is 4.22. The molecule has 1 atom stereocenters. The molecule has 1 fully saturated rings. The van der Waals surface area contributed by atoms with E-state index in [-0.39, 0.29) is 11.9 Å². The van der Waals surface area contributed by atoms with E-state index >= 15 is 0 Å². The Hall–Kier alpha value is -1.38. The Balaban J connectivity index is 2.18. The van der Waals surface area contributed by atoms with Crippen LogP contribution in [-0.4, -0.2) is 18.4 Å². The minimum atomic E-state index is -0.218. The van der Waals surface area contributed by atoms with E-state index in [1.54, 1.807) is 12.1 Å². The molecule has 1 unspecified atom stereocenters. The lowest BCUT2D eigenvalue weighted by Gasteiger charge is -2.36. The van der Waals surface area contributed by atoms with E-state index in [1.807, 2.05) is 0 Å². The lowest BCUT2D eigenvalue weighted by Crippen LogP contribution is -2.42. The van der Waals surface area contributed by atoms with Gasteiger partial charge in [0.2, 0.25) is 0 Å². The Kier molecular flexibility index (Phi) is 3.22. The highest BCUT2D eigenvalue weighted by molar-refractivity contribution is 5.81. The third-order valence-electron chi connectivity index (χ3n) is 3.17. The summed E-state index contributed by atoms with van der Waals surface area (Å²) in [5.74, 6) is 0.120. The normalized spacial score (nSPS) is 21.2. The van der Waals surface area contributed by atoms with Gasteiger partial charge in [-0.05, 0) is 30.7 Å². The highest BCUT2D eigenvalue weighted by Crippen LogP contribution is 2.25. The summed E-state index contributed by atoms with van der Waals surface area (Å²) >= 11 is 0. The number of ketones is 1. The van der Waals surface area contributed by atoms with Crippen molar-refractivity contribution in [3.05, 3.63) is 30.1 Å². The molecule has 0 spiro atoms. The fourth-order valence-corrected chi connectivity index (χ4v) is 2.24. The molecule has 0 N–H and O–H groups in total. The number of carbonyl (C=O) groups is 1. The van der Waals surface area contributed by atoms with Gasteiger partial charge in [-0.3, -0.25) is 4.79 Å². The molecule has 2 rings (SSSR count). The highest BCUT2D eigenvalue weighted by Gasteiger charge is 2.25. The molecule has 1 heterocycles. The number of carbonyl (C=O) groups excluding carboxylic acids is 1. The second kappa shape index (κ2) is 4.64. The van der Waals surface area contributed by atoms with Crippen LogP contribution in [0.2, 0.25) is 0 Å². The first-order valence-corrected chi connectivity index (χ1v) is 5.74. The van der Waals surface area contributed by atoms with E-state index in [9.17, 15) is 9.18 Å². The van der Waals surface area contributed by atoms with Gasteiger partial charge < -0.3 is 4.90 Å². The monoisotopic (exact) mass is 221 g/mol. The quantitative estimate of drug-likeness (QED) is 0.765. The molecule has 1 aromatic carbocycles. The zero-order valence-electron chi connectivity index (χ0n) is 9.45. The maximum atomic E-state index is 12.8. The molecule has 0 radical (unpaired) electrons. The van der Waals surface area contributed by atoms with Gasteiger partial charge in [0.25, 0.3) is 0 Å². The molecule has 1 saturated heterocycles. The first-order valence-electron chi connectivity index (χ1n) is 5.74. The number of anilines is 1. The second-order valence-electron chi connectivity index (χ2n) is 4.22. The SMILES string of the molecule is CCC1CC(=O)CCN1c1ccc(F)cc1. The number of benzene rings is 1. The van der Waals surface area contributed by atoms with Gasteiger partial charge in [-0.25, -0.2) is 4.39 Å². The maximum Gasteiger partial charge on any atom is 0.136 e. The summed E-state index contributed by atoms with van der Waals surface area (Å²) in [6.45, 7) is 2.84. The molecule has 3 heteroatoms. The van der Waals surface area contributed by atoms with Crippen molar-refractivity contribution in [2.24, 2.45) is 0 Å². The third kappa shape index (κ3) is 2.23. The van der Waals surface area contributed by atoms with Gasteiger partial charge in [0.05, 0.1) is 0 Å². The van der Waals surface area contributed by atoms with Crippen molar-refractivity contribution in [3.63, 3.8) is 0 Å². The van der Waals surface area contributed by atoms with E-state index in [2.05, 4.69) is 11.8 Å². The molecule has 1 aromatic rings. The van der Waals surface area contributed by atoms with Crippen LogP contribution >= 0.6 is 0 Å². The molecular formula is C13H16FNO. The van der Waals surface area contributed by atoms with Crippen molar-refractivity contribution >= 4 is 11.5 Å². The fourth-order valence-electron chi connectivity index (χ4n) is 2.24. The molecular weight excluding hydrogens is 205 g/mol. The fraction of sp³-hybridized carbons (Fsp3) is 0.462. The predicted octanol–water partition coefficient (Wildman–Crippen LogP) is 2.77. The molecule has 16 heavy (non-hydrogen) atoms. The predicted molar refractivity (Wildman–Crippen MR) is 62.1 cm³/mol. The highest BCUT2D eigenvalue weighted by atomic mass is 19.1. The number of Topliss-reactive ketones (excluding diaryl/α,β-unsaturated/α-hetero) is 1. The van der Waals surface area contributed by atoms with E-state index in [0.29, 0.717) is 18.6 Å². The summed E-state index contributed by atoms with van der Waals surface area (Å²) in [7, 11) is 0. The molecule has 0 saturated carbocycles. The topological polar surface area (TPSA) is 20.3 Å². The van der Waals surface area contributed by atoms with Crippen LogP contribution in [0.3, 0.4) is 0 Å². The first kappa shape index (κ1) is 11.1. The van der Waals surface area contributed by atoms with Crippen LogP contribution in [0.5, 0.6) is 0 Å². The van der Waals surface area contributed by atoms with Crippen molar-refractivity contribution in [1.29, 1.82) is 0 Å². The molecule has 86 valence electrons. The van der Waals surface area contributed by atoms with Crippen LogP contribution in [0.15, 0.2) is 24.3 Å². The zero-order chi connectivity index (χ0) is 11.5. The summed E-state index contributed by atoms with van der Waals surface area (Å²) in [6.07, 6.45) is 2.17. The number of halogens is 1. The Labute approximate surface area is 95.1 Å². The Morgan fingerprint density at radius 1 is 1.38 bits per heavy atom. The van der Waals surface area contributed by atoms with Gasteiger partial charge in [-0.2, -0.15) is 0 Å². The van der Waals surface area contributed by atoms with E-state index in [4.69, 9.17) is 0 Å². The Morgan fingerprint density at radius 2 is 2.06 bits per heavy atom. The van der Waals surface area contributed by atoms with Gasteiger partial charge in [0.15, 0.2) is 0 Å². The van der Waals surface area contributed by atoms with Crippen molar-refractivity contribution in [2.75, 3.05) is 11.4 Å². The van der Waals surface area contributed by atoms with Crippen LogP contribution in [-0.2, 0) is 4.79 Å². The number of piperidine rings is 1. The lowest BCUT2D eigenvalue weighted by atomic mass is 9.98. The minimum absolute atomic E-state index is 0.218. The smallest absolute Gasteiger partial charge is 0.136 e. The van der Waals surface area contributed by atoms with E-state index in [1.165, 1.54) is 12.1 Å². The summed E-state index contributed by atoms with van der Waals surface area (Å²) in [5, 5.41) is 0.